The number of nitro groups is 3. The van der Waals surface area contributed by atoms with Crippen LogP contribution in [0.25, 0.3) is 16.7 Å². The van der Waals surface area contributed by atoms with Gasteiger partial charge in [0.2, 0.25) is 0 Å². The maximum Gasteiger partial charge on any atom is 0.284 e. The number of nitrogens with zero attached hydrogens (tertiary/aromatic N) is 5. The van der Waals surface area contributed by atoms with Gasteiger partial charge in [0.1, 0.15) is 17.7 Å². The van der Waals surface area contributed by atoms with E-state index in [0.717, 1.165) is 24.3 Å². The fourth-order valence-electron chi connectivity index (χ4n) is 2.96. The van der Waals surface area contributed by atoms with E-state index in [9.17, 15) is 40.9 Å². The summed E-state index contributed by atoms with van der Waals surface area (Å²) in [6.45, 7) is 0. The van der Waals surface area contributed by atoms with E-state index >= 15 is 0 Å². The van der Waals surface area contributed by atoms with Gasteiger partial charge in [-0.05, 0) is 17.2 Å². The van der Waals surface area contributed by atoms with Crippen molar-refractivity contribution in [3.63, 3.8) is 0 Å². The second kappa shape index (κ2) is 7.25. The number of nitro benzene ring substituents is 3. The van der Waals surface area contributed by atoms with E-state index < -0.39 is 31.7 Å². The van der Waals surface area contributed by atoms with Crippen LogP contribution in [0.1, 0.15) is 11.1 Å². The van der Waals surface area contributed by atoms with E-state index in [1.165, 1.54) is 6.07 Å². The van der Waals surface area contributed by atoms with Gasteiger partial charge in [0.05, 0.1) is 26.4 Å². The summed E-state index contributed by atoms with van der Waals surface area (Å²) >= 11 is 0. The molecule has 0 saturated heterocycles. The van der Waals surface area contributed by atoms with Crippen molar-refractivity contribution in [2.75, 3.05) is 0 Å². The number of rotatable bonds is 3. The molecule has 0 unspecified atom stereocenters. The van der Waals surface area contributed by atoms with Gasteiger partial charge in [-0.2, -0.15) is 10.5 Å². The molecule has 0 N–H and O–H groups in total. The Morgan fingerprint density at radius 1 is 0.786 bits per heavy atom. The summed E-state index contributed by atoms with van der Waals surface area (Å²) in [5, 5.41) is 52.2. The molecule has 1 aliphatic carbocycles. The Balaban J connectivity index is 0.00000280. The van der Waals surface area contributed by atoms with Gasteiger partial charge in [-0.15, -0.1) is 0 Å². The van der Waals surface area contributed by atoms with E-state index in [4.69, 9.17) is 0 Å². The maximum atomic E-state index is 11.5. The summed E-state index contributed by atoms with van der Waals surface area (Å²) in [7, 11) is 0. The summed E-state index contributed by atoms with van der Waals surface area (Å²) in [5.74, 6) is 0. The predicted octanol–water partition coefficient (Wildman–Crippen LogP) is 3.24. The van der Waals surface area contributed by atoms with Crippen molar-refractivity contribution in [2.24, 2.45) is 0 Å². The molecule has 0 aliphatic heterocycles. The molecule has 3 rings (SSSR count). The van der Waals surface area contributed by atoms with Crippen LogP contribution in [-0.4, -0.2) is 14.8 Å². The first-order valence-electron chi connectivity index (χ1n) is 7.11. The van der Waals surface area contributed by atoms with Crippen LogP contribution in [0.2, 0.25) is 0 Å². The zero-order valence-electron chi connectivity index (χ0n) is 13.4. The minimum absolute atomic E-state index is 0. The minimum Gasteiger partial charge on any atom is -0.258 e. The van der Waals surface area contributed by atoms with Crippen LogP contribution in [0.5, 0.6) is 0 Å². The Kier molecular flexibility index (Phi) is 5.23. The van der Waals surface area contributed by atoms with Gasteiger partial charge in [-0.25, -0.2) is 0 Å². The van der Waals surface area contributed by atoms with Crippen molar-refractivity contribution in [3.05, 3.63) is 77.4 Å². The second-order valence-corrected chi connectivity index (χ2v) is 5.36. The zero-order valence-corrected chi connectivity index (χ0v) is 14.3. The Hall–Kier alpha value is -4.12. The Morgan fingerprint density at radius 3 is 1.86 bits per heavy atom. The van der Waals surface area contributed by atoms with E-state index in [-0.39, 0.29) is 50.6 Å². The molecular formula is C16H5CuN5O6. The zero-order chi connectivity index (χ0) is 19.9. The molecule has 0 aromatic heterocycles. The van der Waals surface area contributed by atoms with Crippen LogP contribution in [0.3, 0.4) is 0 Å². The fourth-order valence-corrected chi connectivity index (χ4v) is 2.96. The van der Waals surface area contributed by atoms with Gasteiger partial charge in [-0.1, -0.05) is 0 Å². The van der Waals surface area contributed by atoms with Crippen LogP contribution in [0.15, 0.2) is 35.9 Å². The number of hydrogen-bond acceptors (Lipinski definition) is 8. The quantitative estimate of drug-likeness (QED) is 0.265. The smallest absolute Gasteiger partial charge is 0.258 e. The SMILES string of the molecule is N#CC(C#N)=C1c2cc([N+](=O)[O-])ccc2-c2c1cc([N+](=O)[O-])cc2[N+](=O)[O-].[Cu]. The first-order valence-corrected chi connectivity index (χ1v) is 7.11. The van der Waals surface area contributed by atoms with Crippen molar-refractivity contribution in [3.8, 4) is 23.3 Å². The maximum absolute atomic E-state index is 11.5. The molecule has 141 valence electrons. The van der Waals surface area contributed by atoms with Gasteiger partial charge in [0.25, 0.3) is 17.1 Å². The standard InChI is InChI=1S/C16H5N5O6.Cu/c17-6-8(7-18)15-12-3-9(19(22)23)1-2-11(12)16-13(15)4-10(20(24)25)5-14(16)21(26)27;/h1-5H;. The van der Waals surface area contributed by atoms with Crippen LogP contribution >= 0.6 is 0 Å². The van der Waals surface area contributed by atoms with Gasteiger partial charge < -0.3 is 0 Å². The topological polar surface area (TPSA) is 177 Å². The molecule has 0 saturated carbocycles. The fraction of sp³-hybridized carbons (Fsp3) is 0. The Bertz CT molecular complexity index is 1180. The van der Waals surface area contributed by atoms with Gasteiger partial charge in [-0.3, -0.25) is 30.3 Å². The average Bonchev–Trinajstić information content (AvgIpc) is 2.95. The van der Waals surface area contributed by atoms with Gasteiger partial charge >= 0.3 is 0 Å². The minimum atomic E-state index is -0.839. The molecule has 0 bridgehead atoms. The number of allylic oxidation sites excluding steroid dienone is 1. The van der Waals surface area contributed by atoms with Crippen LogP contribution in [0.4, 0.5) is 17.1 Å². The molecule has 2 aromatic rings. The van der Waals surface area contributed by atoms with E-state index in [0.29, 0.717) is 0 Å². The predicted molar refractivity (Wildman–Crippen MR) is 89.1 cm³/mol. The first-order chi connectivity index (χ1) is 12.8. The van der Waals surface area contributed by atoms with Crippen molar-refractivity contribution in [2.45, 2.75) is 0 Å². The summed E-state index contributed by atoms with van der Waals surface area (Å²) in [6.07, 6.45) is 0. The number of non-ortho nitro benzene ring substituents is 2. The Morgan fingerprint density at radius 2 is 1.36 bits per heavy atom. The summed E-state index contributed by atoms with van der Waals surface area (Å²) < 4.78 is 0. The van der Waals surface area contributed by atoms with Crippen molar-refractivity contribution in [1.82, 2.24) is 0 Å². The molecule has 0 fully saturated rings. The molecule has 1 aliphatic rings. The number of hydrogen-bond donors (Lipinski definition) is 0. The third-order valence-corrected chi connectivity index (χ3v) is 4.01. The van der Waals surface area contributed by atoms with Crippen molar-refractivity contribution >= 4 is 22.6 Å². The van der Waals surface area contributed by atoms with E-state index in [1.54, 1.807) is 12.1 Å². The van der Waals surface area contributed by atoms with Gasteiger partial charge in [0, 0.05) is 46.4 Å². The van der Waals surface area contributed by atoms with E-state index in [2.05, 4.69) is 0 Å². The van der Waals surface area contributed by atoms with E-state index in [1.807, 2.05) is 0 Å². The second-order valence-electron chi connectivity index (χ2n) is 5.36. The largest absolute Gasteiger partial charge is 0.284 e. The van der Waals surface area contributed by atoms with Crippen molar-refractivity contribution in [1.29, 1.82) is 10.5 Å². The normalized spacial score (nSPS) is 10.6. The number of benzene rings is 2. The summed E-state index contributed by atoms with van der Waals surface area (Å²) in [4.78, 5) is 31.3. The summed E-state index contributed by atoms with van der Waals surface area (Å²) in [5.41, 5.74) is -2.00. The molecule has 0 heterocycles. The molecule has 28 heavy (non-hydrogen) atoms. The number of nitriles is 2. The molecule has 0 amide bonds. The third kappa shape index (κ3) is 2.95. The average molecular weight is 427 g/mol. The van der Waals surface area contributed by atoms with Crippen LogP contribution < -0.4 is 0 Å². The number of fused-ring (bicyclic) bond motifs is 3. The molecule has 0 atom stereocenters. The van der Waals surface area contributed by atoms with Gasteiger partial charge in [0.15, 0.2) is 0 Å². The molecule has 12 heteroatoms. The summed E-state index contributed by atoms with van der Waals surface area (Å²) in [6, 6.07) is 8.50. The van der Waals surface area contributed by atoms with Crippen LogP contribution in [-0.2, 0) is 17.1 Å². The Labute approximate surface area is 166 Å². The third-order valence-electron chi connectivity index (χ3n) is 4.01. The van der Waals surface area contributed by atoms with Crippen molar-refractivity contribution < 1.29 is 31.8 Å². The molecule has 11 nitrogen and oxygen atoms in total. The van der Waals surface area contributed by atoms with Crippen LogP contribution in [0, 0.1) is 53.0 Å². The molecule has 1 radical (unpaired) electrons. The monoisotopic (exact) mass is 426 g/mol. The molecule has 0 spiro atoms. The molecular weight excluding hydrogens is 422 g/mol. The molecule has 2 aromatic carbocycles. The first kappa shape index (κ1) is 20.2.